The molecule has 3 heterocycles. The van der Waals surface area contributed by atoms with E-state index in [1.54, 1.807) is 11.1 Å². The van der Waals surface area contributed by atoms with E-state index in [2.05, 4.69) is 107 Å². The molecule has 6 nitrogen and oxygen atoms in total. The van der Waals surface area contributed by atoms with Gasteiger partial charge < -0.3 is 4.90 Å². The average molecular weight is 639 g/mol. The van der Waals surface area contributed by atoms with Gasteiger partial charge in [-0.2, -0.15) is 5.06 Å². The molecule has 0 atom stereocenters. The first-order chi connectivity index (χ1) is 25.3. The highest BCUT2D eigenvalue weighted by molar-refractivity contribution is 6.10. The fourth-order valence-electron chi connectivity index (χ4n) is 6.90. The maximum Gasteiger partial charge on any atom is 0.138 e. The Labute approximate surface area is 289 Å². The zero-order valence-corrected chi connectivity index (χ0v) is 26.7. The summed E-state index contributed by atoms with van der Waals surface area (Å²) in [7, 11) is 0. The van der Waals surface area contributed by atoms with Crippen LogP contribution in [0.2, 0.25) is 0 Å². The molecule has 49 heavy (non-hydrogen) atoms. The van der Waals surface area contributed by atoms with Crippen molar-refractivity contribution in [1.82, 2.24) is 9.55 Å². The third-order valence-electron chi connectivity index (χ3n) is 9.17. The normalized spacial score (nSPS) is 13.7. The van der Waals surface area contributed by atoms with Crippen LogP contribution in [0.15, 0.2) is 164 Å². The molecule has 0 bridgehead atoms. The number of rotatable bonds is 6. The number of hydrogen-bond donors (Lipinski definition) is 0. The molecule has 0 spiro atoms. The summed E-state index contributed by atoms with van der Waals surface area (Å²) in [5.74, 6) is 0.834. The third-order valence-corrected chi connectivity index (χ3v) is 9.17. The summed E-state index contributed by atoms with van der Waals surface area (Å²) in [5.41, 5.74) is 10.2. The van der Waals surface area contributed by atoms with Gasteiger partial charge in [0.05, 0.1) is 28.1 Å². The van der Waals surface area contributed by atoms with Crippen LogP contribution in [0.3, 0.4) is 0 Å². The number of nitrogens with zero attached hydrogens (tertiary/aromatic N) is 5. The second-order valence-corrected chi connectivity index (χ2v) is 12.1. The Balaban J connectivity index is 1.21. The van der Waals surface area contributed by atoms with Gasteiger partial charge in [-0.3, -0.25) is 4.57 Å². The molecule has 9 rings (SSSR count). The summed E-state index contributed by atoms with van der Waals surface area (Å²) in [6.07, 6.45) is 1.88. The summed E-state index contributed by atoms with van der Waals surface area (Å²) >= 11 is 0. The minimum atomic E-state index is -2.49. The largest absolute Gasteiger partial charge is 0.310 e. The van der Waals surface area contributed by atoms with Crippen LogP contribution in [0.5, 0.6) is 0 Å². The number of anilines is 6. The van der Waals surface area contributed by atoms with Crippen molar-refractivity contribution in [3.8, 4) is 16.9 Å². The maximum absolute atomic E-state index is 8.09. The molecule has 236 valence electrons. The molecule has 0 fully saturated rings. The molecule has 6 heteroatoms. The first kappa shape index (κ1) is 25.7. The number of hydroxylamine groups is 1. The average Bonchev–Trinajstić information content (AvgIpc) is 3.73. The molecular formula is C43H33N5O. The van der Waals surface area contributed by atoms with Crippen molar-refractivity contribution in [2.45, 2.75) is 6.92 Å². The summed E-state index contributed by atoms with van der Waals surface area (Å²) in [5, 5.41) is 4.82. The third kappa shape index (κ3) is 4.89. The quantitative estimate of drug-likeness (QED) is 0.181. The number of pyridine rings is 1. The Morgan fingerprint density at radius 3 is 2.22 bits per heavy atom. The fourth-order valence-corrected chi connectivity index (χ4v) is 6.90. The van der Waals surface area contributed by atoms with E-state index in [4.69, 9.17) is 14.0 Å². The maximum atomic E-state index is 8.09. The van der Waals surface area contributed by atoms with Gasteiger partial charge >= 0.3 is 0 Å². The molecule has 0 radical (unpaired) electrons. The molecule has 0 saturated carbocycles. The monoisotopic (exact) mass is 638 g/mol. The van der Waals surface area contributed by atoms with Crippen LogP contribution in [0.1, 0.15) is 9.68 Å². The van der Waals surface area contributed by atoms with E-state index in [9.17, 15) is 0 Å². The number of aromatic nitrogens is 2. The van der Waals surface area contributed by atoms with E-state index in [0.29, 0.717) is 17.1 Å². The second kappa shape index (κ2) is 11.7. The highest BCUT2D eigenvalue weighted by Gasteiger charge is 2.27. The highest BCUT2D eigenvalue weighted by atomic mass is 16.8. The highest BCUT2D eigenvalue weighted by Crippen LogP contribution is 2.44. The fraction of sp³-hybridized carbons (Fsp3) is 0.0465. The molecule has 2 aromatic heterocycles. The van der Waals surface area contributed by atoms with E-state index in [0.717, 1.165) is 55.3 Å². The zero-order chi connectivity index (χ0) is 35.4. The van der Waals surface area contributed by atoms with Gasteiger partial charge in [0.25, 0.3) is 0 Å². The summed E-state index contributed by atoms with van der Waals surface area (Å²) in [6, 6.07) is 53.1. The van der Waals surface area contributed by atoms with Crippen LogP contribution in [0, 0.1) is 6.92 Å². The predicted molar refractivity (Wildman–Crippen MR) is 202 cm³/mol. The number of para-hydroxylation sites is 4. The van der Waals surface area contributed by atoms with Gasteiger partial charge in [0, 0.05) is 45.1 Å². The number of benzene rings is 6. The number of aryl methyl sites for hydroxylation is 1. The Hall–Kier alpha value is -6.37. The Bertz CT molecular complexity index is 2600. The molecular weight excluding hydrogens is 603 g/mol. The Morgan fingerprint density at radius 1 is 0.612 bits per heavy atom. The van der Waals surface area contributed by atoms with E-state index in [1.807, 2.05) is 66.9 Å². The summed E-state index contributed by atoms with van der Waals surface area (Å²) < 4.78 is 26.5. The molecule has 1 aliphatic rings. The van der Waals surface area contributed by atoms with Crippen molar-refractivity contribution in [2.75, 3.05) is 22.0 Å². The second-order valence-electron chi connectivity index (χ2n) is 12.1. The Kier molecular flexibility index (Phi) is 6.14. The predicted octanol–water partition coefficient (Wildman–Crippen LogP) is 11.1. The van der Waals surface area contributed by atoms with Crippen LogP contribution in [0.4, 0.5) is 34.1 Å². The van der Waals surface area contributed by atoms with Crippen molar-refractivity contribution in [1.29, 1.82) is 0 Å². The lowest BCUT2D eigenvalue weighted by molar-refractivity contribution is 0.142. The molecule has 0 amide bonds. The van der Waals surface area contributed by atoms with Gasteiger partial charge in [0.15, 0.2) is 0 Å². The van der Waals surface area contributed by atoms with Crippen LogP contribution in [-0.2, 0) is 4.94 Å². The summed E-state index contributed by atoms with van der Waals surface area (Å²) in [6.45, 7) is -0.353. The lowest BCUT2D eigenvalue weighted by Crippen LogP contribution is -2.21. The number of fused-ring (bicyclic) bond motifs is 4. The van der Waals surface area contributed by atoms with Gasteiger partial charge in [0.1, 0.15) is 5.82 Å². The minimum Gasteiger partial charge on any atom is -0.310 e. The van der Waals surface area contributed by atoms with Crippen molar-refractivity contribution in [3.63, 3.8) is 0 Å². The zero-order valence-electron chi connectivity index (χ0n) is 29.7. The summed E-state index contributed by atoms with van der Waals surface area (Å²) in [4.78, 5) is 13.1. The molecule has 8 aromatic rings. The minimum absolute atomic E-state index is 0.478. The SMILES string of the molecule is [2H]C([2H])([2H])N1ON(c2cccc(N(c3ccccc3)c3ccc4c5ccccc5n(-c5cc(-c6ccccc6C)ccn5)c4c3)c2)c2ccccc21. The Morgan fingerprint density at radius 2 is 1.35 bits per heavy atom. The van der Waals surface area contributed by atoms with E-state index < -0.39 is 6.98 Å². The number of hydrogen-bond acceptors (Lipinski definition) is 5. The molecule has 1 aliphatic heterocycles. The van der Waals surface area contributed by atoms with Crippen molar-refractivity contribution < 1.29 is 9.05 Å². The van der Waals surface area contributed by atoms with Gasteiger partial charge in [-0.05, 0) is 96.4 Å². The van der Waals surface area contributed by atoms with Crippen LogP contribution in [0.25, 0.3) is 38.8 Å². The van der Waals surface area contributed by atoms with Crippen LogP contribution >= 0.6 is 0 Å². The topological polar surface area (TPSA) is 36.8 Å². The smallest absolute Gasteiger partial charge is 0.138 e. The van der Waals surface area contributed by atoms with Crippen LogP contribution < -0.4 is 15.0 Å². The van der Waals surface area contributed by atoms with Crippen molar-refractivity contribution in [2.24, 2.45) is 0 Å². The van der Waals surface area contributed by atoms with Gasteiger partial charge in [-0.15, -0.1) is 4.94 Å². The lowest BCUT2D eigenvalue weighted by Gasteiger charge is -2.27. The molecule has 0 N–H and O–H groups in total. The van der Waals surface area contributed by atoms with Crippen molar-refractivity contribution >= 4 is 55.9 Å². The standard InChI is InChI=1S/C43H33N5O/c1-30-13-6-7-18-36(30)31-25-26-44-43(27-31)47-39-20-9-8-19-37(39)38-24-23-34(29-42(38)47)46(32-14-4-3-5-15-32)33-16-12-17-35(28-33)48-41-22-11-10-21-40(41)45(2)49-48/h3-29H,1-2H3/i2D3. The molecule has 0 saturated heterocycles. The van der Waals surface area contributed by atoms with Gasteiger partial charge in [-0.25, -0.2) is 10.0 Å². The molecule has 6 aromatic carbocycles. The van der Waals surface area contributed by atoms with Gasteiger partial charge in [-0.1, -0.05) is 84.9 Å². The lowest BCUT2D eigenvalue weighted by atomic mass is 10.0. The van der Waals surface area contributed by atoms with Crippen LogP contribution in [-0.4, -0.2) is 16.5 Å². The first-order valence-electron chi connectivity index (χ1n) is 17.7. The van der Waals surface area contributed by atoms with E-state index in [1.165, 1.54) is 11.1 Å². The van der Waals surface area contributed by atoms with Gasteiger partial charge in [0.2, 0.25) is 0 Å². The van der Waals surface area contributed by atoms with Crippen molar-refractivity contribution in [3.05, 3.63) is 169 Å². The van der Waals surface area contributed by atoms with E-state index >= 15 is 0 Å². The molecule has 0 aliphatic carbocycles. The van der Waals surface area contributed by atoms with E-state index in [-0.39, 0.29) is 0 Å². The molecule has 0 unspecified atom stereocenters. The first-order valence-corrected chi connectivity index (χ1v) is 16.2.